The molecule has 0 radical (unpaired) electrons. The molecule has 0 spiro atoms. The van der Waals surface area contributed by atoms with E-state index >= 15 is 0 Å². The Morgan fingerprint density at radius 1 is 0.892 bits per heavy atom. The third-order valence-electron chi connectivity index (χ3n) is 5.11. The Balaban J connectivity index is 1.59. The Kier molecular flexibility index (Phi) is 9.31. The molecular formula is C29H31ClN2O5. The van der Waals surface area contributed by atoms with Crippen molar-refractivity contribution in [3.8, 4) is 11.5 Å². The van der Waals surface area contributed by atoms with E-state index in [9.17, 15) is 14.4 Å². The summed E-state index contributed by atoms with van der Waals surface area (Å²) in [6.07, 6.45) is -0.666. The molecular weight excluding hydrogens is 492 g/mol. The SMILES string of the molecule is CCC(Oc1ccc(OC(C)(C)C)cc1)C(=O)Nc1cccc(C(=O)CC(=O)Nc2ccccc2Cl)c1. The number of carbonyl (C=O) groups is 3. The van der Waals surface area contributed by atoms with Gasteiger partial charge in [-0.2, -0.15) is 0 Å². The molecule has 3 rings (SSSR count). The molecule has 0 bridgehead atoms. The molecule has 7 nitrogen and oxygen atoms in total. The van der Waals surface area contributed by atoms with E-state index in [2.05, 4.69) is 10.6 Å². The molecule has 37 heavy (non-hydrogen) atoms. The van der Waals surface area contributed by atoms with Crippen LogP contribution in [0, 0.1) is 0 Å². The predicted octanol–water partition coefficient (Wildman–Crippen LogP) is 6.52. The van der Waals surface area contributed by atoms with Gasteiger partial charge in [0.2, 0.25) is 5.91 Å². The number of ketones is 1. The molecule has 0 aliphatic carbocycles. The zero-order valence-corrected chi connectivity index (χ0v) is 22.1. The average Bonchev–Trinajstić information content (AvgIpc) is 2.84. The Bertz CT molecular complexity index is 1250. The average molecular weight is 523 g/mol. The van der Waals surface area contributed by atoms with Crippen molar-refractivity contribution >= 4 is 40.6 Å². The Morgan fingerprint density at radius 3 is 2.22 bits per heavy atom. The van der Waals surface area contributed by atoms with E-state index in [4.69, 9.17) is 21.1 Å². The van der Waals surface area contributed by atoms with Crippen molar-refractivity contribution in [1.29, 1.82) is 0 Å². The van der Waals surface area contributed by atoms with Gasteiger partial charge in [-0.25, -0.2) is 0 Å². The molecule has 0 saturated carbocycles. The van der Waals surface area contributed by atoms with Crippen LogP contribution in [0.4, 0.5) is 11.4 Å². The first-order valence-electron chi connectivity index (χ1n) is 12.0. The summed E-state index contributed by atoms with van der Waals surface area (Å²) in [5.41, 5.74) is 0.850. The van der Waals surface area contributed by atoms with Gasteiger partial charge in [-0.05, 0) is 75.7 Å². The summed E-state index contributed by atoms with van der Waals surface area (Å²) in [5.74, 6) is 0.0297. The van der Waals surface area contributed by atoms with Crippen LogP contribution in [-0.2, 0) is 9.59 Å². The van der Waals surface area contributed by atoms with Gasteiger partial charge in [0.05, 0.1) is 17.1 Å². The standard InChI is InChI=1S/C29H31ClN2O5/c1-5-26(36-21-13-15-22(16-14-21)37-29(2,3)4)28(35)31-20-10-8-9-19(17-20)25(33)18-27(34)32-24-12-7-6-11-23(24)30/h6-17,26H,5,18H2,1-4H3,(H,31,35)(H,32,34). The van der Waals surface area contributed by atoms with Crippen LogP contribution in [0.3, 0.4) is 0 Å². The first-order valence-corrected chi connectivity index (χ1v) is 12.4. The first-order chi connectivity index (χ1) is 17.5. The number of para-hydroxylation sites is 1. The summed E-state index contributed by atoms with van der Waals surface area (Å²) in [4.78, 5) is 37.9. The molecule has 0 fully saturated rings. The fraction of sp³-hybridized carbons (Fsp3) is 0.276. The molecule has 8 heteroatoms. The minimum Gasteiger partial charge on any atom is -0.488 e. The van der Waals surface area contributed by atoms with Crippen LogP contribution in [0.25, 0.3) is 0 Å². The van der Waals surface area contributed by atoms with Gasteiger partial charge in [-0.3, -0.25) is 14.4 Å². The van der Waals surface area contributed by atoms with Crippen LogP contribution in [0.5, 0.6) is 11.5 Å². The number of ether oxygens (including phenoxy) is 2. The molecule has 1 unspecified atom stereocenters. The van der Waals surface area contributed by atoms with Crippen molar-refractivity contribution in [2.24, 2.45) is 0 Å². The number of Topliss-reactive ketones (excluding diaryl/α,β-unsaturated/α-hetero) is 1. The van der Waals surface area contributed by atoms with Crippen molar-refractivity contribution in [3.05, 3.63) is 83.4 Å². The monoisotopic (exact) mass is 522 g/mol. The number of halogens is 1. The Morgan fingerprint density at radius 2 is 1.57 bits per heavy atom. The molecule has 0 saturated heterocycles. The third-order valence-corrected chi connectivity index (χ3v) is 5.44. The van der Waals surface area contributed by atoms with Gasteiger partial charge in [0.15, 0.2) is 11.9 Å². The fourth-order valence-electron chi connectivity index (χ4n) is 3.42. The second-order valence-electron chi connectivity index (χ2n) is 9.40. The van der Waals surface area contributed by atoms with Crippen LogP contribution >= 0.6 is 11.6 Å². The van der Waals surface area contributed by atoms with E-state index in [0.717, 1.165) is 0 Å². The van der Waals surface area contributed by atoms with E-state index in [1.165, 1.54) is 6.07 Å². The lowest BCUT2D eigenvalue weighted by Crippen LogP contribution is -2.32. The molecule has 2 N–H and O–H groups in total. The molecule has 0 aliphatic rings. The highest BCUT2D eigenvalue weighted by Crippen LogP contribution is 2.24. The molecule has 1 atom stereocenters. The van der Waals surface area contributed by atoms with Gasteiger partial charge in [-0.1, -0.05) is 42.8 Å². The van der Waals surface area contributed by atoms with Crippen LogP contribution in [0.2, 0.25) is 5.02 Å². The maximum absolute atomic E-state index is 12.9. The van der Waals surface area contributed by atoms with Gasteiger partial charge in [0.25, 0.3) is 5.91 Å². The lowest BCUT2D eigenvalue weighted by Gasteiger charge is -2.22. The van der Waals surface area contributed by atoms with Crippen molar-refractivity contribution in [2.45, 2.75) is 52.2 Å². The second kappa shape index (κ2) is 12.4. The summed E-state index contributed by atoms with van der Waals surface area (Å²) >= 11 is 6.05. The highest BCUT2D eigenvalue weighted by atomic mass is 35.5. The van der Waals surface area contributed by atoms with E-state index in [0.29, 0.717) is 39.9 Å². The van der Waals surface area contributed by atoms with Gasteiger partial charge >= 0.3 is 0 Å². The first kappa shape index (κ1) is 27.7. The number of anilines is 2. The van der Waals surface area contributed by atoms with Crippen molar-refractivity contribution in [3.63, 3.8) is 0 Å². The Hall–Kier alpha value is -3.84. The second-order valence-corrected chi connectivity index (χ2v) is 9.81. The molecule has 3 aromatic rings. The summed E-state index contributed by atoms with van der Waals surface area (Å²) in [5, 5.41) is 5.81. The number of hydrogen-bond acceptors (Lipinski definition) is 5. The fourth-order valence-corrected chi connectivity index (χ4v) is 3.61. The number of rotatable bonds is 10. The van der Waals surface area contributed by atoms with Crippen molar-refractivity contribution in [2.75, 3.05) is 10.6 Å². The van der Waals surface area contributed by atoms with Crippen molar-refractivity contribution < 1.29 is 23.9 Å². The zero-order chi connectivity index (χ0) is 27.0. The number of benzene rings is 3. The Labute approximate surface area is 222 Å². The predicted molar refractivity (Wildman–Crippen MR) is 146 cm³/mol. The number of carbonyl (C=O) groups excluding carboxylic acids is 3. The lowest BCUT2D eigenvalue weighted by atomic mass is 10.1. The maximum Gasteiger partial charge on any atom is 0.265 e. The summed E-state index contributed by atoms with van der Waals surface area (Å²) in [6.45, 7) is 7.74. The molecule has 2 amide bonds. The van der Waals surface area contributed by atoms with Gasteiger partial charge in [0, 0.05) is 11.3 Å². The number of hydrogen-bond donors (Lipinski definition) is 2. The summed E-state index contributed by atoms with van der Waals surface area (Å²) in [7, 11) is 0. The van der Waals surface area contributed by atoms with Crippen LogP contribution in [-0.4, -0.2) is 29.3 Å². The quantitative estimate of drug-likeness (QED) is 0.233. The molecule has 0 aromatic heterocycles. The molecule has 0 aliphatic heterocycles. The third kappa shape index (κ3) is 8.65. The molecule has 194 valence electrons. The maximum atomic E-state index is 12.9. The van der Waals surface area contributed by atoms with Gasteiger partial charge in [-0.15, -0.1) is 0 Å². The number of nitrogens with one attached hydrogen (secondary N) is 2. The smallest absolute Gasteiger partial charge is 0.265 e. The highest BCUT2D eigenvalue weighted by Gasteiger charge is 2.20. The minimum absolute atomic E-state index is 0.301. The largest absolute Gasteiger partial charge is 0.488 e. The topological polar surface area (TPSA) is 93.7 Å². The minimum atomic E-state index is -0.741. The normalized spacial score (nSPS) is 11.8. The zero-order valence-electron chi connectivity index (χ0n) is 21.3. The molecule has 3 aromatic carbocycles. The highest BCUT2D eigenvalue weighted by molar-refractivity contribution is 6.33. The lowest BCUT2D eigenvalue weighted by molar-refractivity contribution is -0.122. The molecule has 0 heterocycles. The van der Waals surface area contributed by atoms with Gasteiger partial charge < -0.3 is 20.1 Å². The summed E-state index contributed by atoms with van der Waals surface area (Å²) < 4.78 is 11.7. The number of amides is 2. The van der Waals surface area contributed by atoms with E-state index < -0.39 is 12.0 Å². The van der Waals surface area contributed by atoms with Crippen molar-refractivity contribution in [1.82, 2.24) is 0 Å². The van der Waals surface area contributed by atoms with E-state index in [-0.39, 0.29) is 23.7 Å². The van der Waals surface area contributed by atoms with E-state index in [1.807, 2.05) is 27.7 Å². The van der Waals surface area contributed by atoms with Crippen LogP contribution in [0.1, 0.15) is 50.9 Å². The van der Waals surface area contributed by atoms with Gasteiger partial charge in [0.1, 0.15) is 17.1 Å². The van der Waals surface area contributed by atoms with Crippen LogP contribution in [0.15, 0.2) is 72.8 Å². The van der Waals surface area contributed by atoms with Crippen LogP contribution < -0.4 is 20.1 Å². The summed E-state index contributed by atoms with van der Waals surface area (Å²) in [6, 6.07) is 20.3. The van der Waals surface area contributed by atoms with E-state index in [1.54, 1.807) is 66.7 Å².